The zero-order chi connectivity index (χ0) is 11.8. The highest BCUT2D eigenvalue weighted by molar-refractivity contribution is 6.31. The topological polar surface area (TPSA) is 30.2 Å². The molecule has 1 aliphatic rings. The van der Waals surface area contributed by atoms with Crippen molar-refractivity contribution in [3.05, 3.63) is 69.6 Å². The van der Waals surface area contributed by atoms with Gasteiger partial charge < -0.3 is 4.42 Å². The maximum Gasteiger partial charge on any atom is 0.193 e. The average Bonchev–Trinajstić information content (AvgIpc) is 2.83. The summed E-state index contributed by atoms with van der Waals surface area (Å²) in [6, 6.07) is 6.61. The van der Waals surface area contributed by atoms with Crippen LogP contribution < -0.4 is 5.43 Å². The average molecular weight is 245 g/mol. The Hall–Kier alpha value is -1.80. The second-order valence-corrected chi connectivity index (χ2v) is 4.39. The minimum Gasteiger partial charge on any atom is -0.460 e. The van der Waals surface area contributed by atoms with E-state index in [1.807, 2.05) is 24.3 Å². The van der Waals surface area contributed by atoms with Gasteiger partial charge in [-0.3, -0.25) is 4.79 Å². The van der Waals surface area contributed by atoms with Crippen LogP contribution >= 0.6 is 11.6 Å². The molecule has 0 amide bonds. The number of benzene rings is 1. The van der Waals surface area contributed by atoms with Crippen LogP contribution in [-0.4, -0.2) is 0 Å². The minimum absolute atomic E-state index is 0.0579. The van der Waals surface area contributed by atoms with Gasteiger partial charge in [0.2, 0.25) is 0 Å². The van der Waals surface area contributed by atoms with E-state index >= 15 is 0 Å². The van der Waals surface area contributed by atoms with E-state index in [1.165, 1.54) is 6.07 Å². The number of allylic oxidation sites excluding steroid dienone is 4. The number of hydrogen-bond acceptors (Lipinski definition) is 2. The summed E-state index contributed by atoms with van der Waals surface area (Å²) in [7, 11) is 0. The Morgan fingerprint density at radius 2 is 1.88 bits per heavy atom. The molecule has 1 heterocycles. The predicted molar refractivity (Wildman–Crippen MR) is 68.5 cm³/mol. The molecular formula is C14H9ClO2. The Morgan fingerprint density at radius 3 is 2.65 bits per heavy atom. The summed E-state index contributed by atoms with van der Waals surface area (Å²) >= 11 is 5.85. The second kappa shape index (κ2) is 3.90. The van der Waals surface area contributed by atoms with Crippen molar-refractivity contribution >= 4 is 22.6 Å². The Kier molecular flexibility index (Phi) is 2.37. The molecular weight excluding hydrogens is 236 g/mol. The summed E-state index contributed by atoms with van der Waals surface area (Å²) in [6.07, 6.45) is 7.85. The van der Waals surface area contributed by atoms with E-state index in [1.54, 1.807) is 18.2 Å². The zero-order valence-electron chi connectivity index (χ0n) is 8.89. The van der Waals surface area contributed by atoms with E-state index in [9.17, 15) is 4.79 Å². The maximum absolute atomic E-state index is 11.9. The molecule has 84 valence electrons. The molecule has 17 heavy (non-hydrogen) atoms. The van der Waals surface area contributed by atoms with Gasteiger partial charge in [0, 0.05) is 11.1 Å². The van der Waals surface area contributed by atoms with Crippen molar-refractivity contribution in [1.29, 1.82) is 0 Å². The standard InChI is InChI=1S/C14H9ClO2/c15-10-5-6-13-11(7-10)12(16)8-14(17-13)9-3-1-2-4-9/h1-9H. The summed E-state index contributed by atoms with van der Waals surface area (Å²) in [4.78, 5) is 11.9. The molecule has 0 atom stereocenters. The van der Waals surface area contributed by atoms with Crippen LogP contribution in [0.15, 0.2) is 57.8 Å². The molecule has 0 fully saturated rings. The van der Waals surface area contributed by atoms with Gasteiger partial charge >= 0.3 is 0 Å². The quantitative estimate of drug-likeness (QED) is 0.766. The van der Waals surface area contributed by atoms with E-state index in [-0.39, 0.29) is 11.3 Å². The molecule has 0 spiro atoms. The molecule has 3 rings (SSSR count). The molecule has 0 N–H and O–H groups in total. The lowest BCUT2D eigenvalue weighted by atomic mass is 10.1. The highest BCUT2D eigenvalue weighted by Gasteiger charge is 2.12. The normalized spacial score (nSPS) is 14.9. The molecule has 0 saturated carbocycles. The highest BCUT2D eigenvalue weighted by Crippen LogP contribution is 2.25. The van der Waals surface area contributed by atoms with Gasteiger partial charge in [-0.1, -0.05) is 35.9 Å². The van der Waals surface area contributed by atoms with Crippen LogP contribution in [-0.2, 0) is 0 Å². The van der Waals surface area contributed by atoms with Crippen molar-refractivity contribution in [3.8, 4) is 0 Å². The Labute approximate surface area is 103 Å². The van der Waals surface area contributed by atoms with Crippen molar-refractivity contribution < 1.29 is 4.42 Å². The number of fused-ring (bicyclic) bond motifs is 1. The number of rotatable bonds is 1. The van der Waals surface area contributed by atoms with Gasteiger partial charge in [0.15, 0.2) is 5.43 Å². The zero-order valence-corrected chi connectivity index (χ0v) is 9.65. The van der Waals surface area contributed by atoms with Gasteiger partial charge in [-0.05, 0) is 18.2 Å². The van der Waals surface area contributed by atoms with E-state index in [0.717, 1.165) is 0 Å². The van der Waals surface area contributed by atoms with Gasteiger partial charge in [0.1, 0.15) is 11.3 Å². The molecule has 0 radical (unpaired) electrons. The molecule has 0 saturated heterocycles. The molecule has 1 aromatic heterocycles. The number of hydrogen-bond donors (Lipinski definition) is 0. The van der Waals surface area contributed by atoms with Gasteiger partial charge in [-0.2, -0.15) is 0 Å². The summed E-state index contributed by atoms with van der Waals surface area (Å²) in [5.41, 5.74) is 0.517. The van der Waals surface area contributed by atoms with Crippen molar-refractivity contribution in [3.63, 3.8) is 0 Å². The first-order chi connectivity index (χ1) is 8.24. The number of halogens is 1. The van der Waals surface area contributed by atoms with Crippen molar-refractivity contribution in [2.45, 2.75) is 5.92 Å². The SMILES string of the molecule is O=c1cc(C2C=CC=C2)oc2ccc(Cl)cc12. The molecule has 3 heteroatoms. The first kappa shape index (κ1) is 10.4. The fourth-order valence-electron chi connectivity index (χ4n) is 1.93. The minimum atomic E-state index is -0.0579. The Morgan fingerprint density at radius 1 is 1.12 bits per heavy atom. The fraction of sp³-hybridized carbons (Fsp3) is 0.0714. The van der Waals surface area contributed by atoms with Gasteiger partial charge in [-0.15, -0.1) is 0 Å². The highest BCUT2D eigenvalue weighted by atomic mass is 35.5. The van der Waals surface area contributed by atoms with Gasteiger partial charge in [0.05, 0.1) is 11.3 Å². The van der Waals surface area contributed by atoms with E-state index in [4.69, 9.17) is 16.0 Å². The molecule has 2 nitrogen and oxygen atoms in total. The van der Waals surface area contributed by atoms with Crippen molar-refractivity contribution in [2.24, 2.45) is 0 Å². The first-order valence-electron chi connectivity index (χ1n) is 5.32. The first-order valence-corrected chi connectivity index (χ1v) is 5.70. The van der Waals surface area contributed by atoms with Crippen LogP contribution in [0.2, 0.25) is 5.02 Å². The third kappa shape index (κ3) is 1.81. The molecule has 2 aromatic rings. The summed E-state index contributed by atoms with van der Waals surface area (Å²) in [5.74, 6) is 0.720. The van der Waals surface area contributed by atoms with Crippen LogP contribution in [0.1, 0.15) is 11.7 Å². The van der Waals surface area contributed by atoms with Crippen LogP contribution in [0, 0.1) is 0 Å². The lowest BCUT2D eigenvalue weighted by molar-refractivity contribution is 0.537. The van der Waals surface area contributed by atoms with Crippen LogP contribution in [0.5, 0.6) is 0 Å². The second-order valence-electron chi connectivity index (χ2n) is 3.95. The predicted octanol–water partition coefficient (Wildman–Crippen LogP) is 3.66. The van der Waals surface area contributed by atoms with E-state index in [0.29, 0.717) is 21.8 Å². The van der Waals surface area contributed by atoms with Crippen molar-refractivity contribution in [2.75, 3.05) is 0 Å². The maximum atomic E-state index is 11.9. The van der Waals surface area contributed by atoms with E-state index in [2.05, 4.69) is 0 Å². The fourth-order valence-corrected chi connectivity index (χ4v) is 2.11. The summed E-state index contributed by atoms with van der Waals surface area (Å²) < 4.78 is 5.72. The van der Waals surface area contributed by atoms with Crippen molar-refractivity contribution in [1.82, 2.24) is 0 Å². The lowest BCUT2D eigenvalue weighted by Crippen LogP contribution is -2.03. The molecule has 0 unspecified atom stereocenters. The van der Waals surface area contributed by atoms with Gasteiger partial charge in [-0.25, -0.2) is 0 Å². The lowest BCUT2D eigenvalue weighted by Gasteiger charge is -2.06. The monoisotopic (exact) mass is 244 g/mol. The Bertz CT molecular complexity index is 683. The molecule has 0 aliphatic heterocycles. The van der Waals surface area contributed by atoms with Crippen LogP contribution in [0.4, 0.5) is 0 Å². The molecule has 0 bridgehead atoms. The van der Waals surface area contributed by atoms with Crippen LogP contribution in [0.25, 0.3) is 11.0 Å². The smallest absolute Gasteiger partial charge is 0.193 e. The van der Waals surface area contributed by atoms with E-state index < -0.39 is 0 Å². The third-order valence-corrected chi connectivity index (χ3v) is 3.02. The third-order valence-electron chi connectivity index (χ3n) is 2.78. The largest absolute Gasteiger partial charge is 0.460 e. The molecule has 1 aromatic carbocycles. The summed E-state index contributed by atoms with van der Waals surface area (Å²) in [5, 5.41) is 1.06. The summed E-state index contributed by atoms with van der Waals surface area (Å²) in [6.45, 7) is 0. The van der Waals surface area contributed by atoms with Gasteiger partial charge in [0.25, 0.3) is 0 Å². The molecule has 1 aliphatic carbocycles. The Balaban J connectivity index is 2.24. The van der Waals surface area contributed by atoms with Crippen LogP contribution in [0.3, 0.4) is 0 Å².